The van der Waals surface area contributed by atoms with Crippen molar-refractivity contribution in [1.82, 2.24) is 5.32 Å². The van der Waals surface area contributed by atoms with Crippen molar-refractivity contribution in [2.45, 2.75) is 18.9 Å². The van der Waals surface area contributed by atoms with E-state index in [0.717, 1.165) is 25.9 Å². The molecule has 0 unspecified atom stereocenters. The number of rotatable bonds is 3. The summed E-state index contributed by atoms with van der Waals surface area (Å²) in [5.74, 6) is 0. The van der Waals surface area contributed by atoms with Gasteiger partial charge in [-0.1, -0.05) is 0 Å². The Morgan fingerprint density at radius 2 is 2.67 bits per heavy atom. The monoisotopic (exact) mass is 127 g/mol. The van der Waals surface area contributed by atoms with Crippen LogP contribution in [-0.2, 0) is 0 Å². The molecule has 0 aromatic rings. The molecule has 0 saturated heterocycles. The van der Waals surface area contributed by atoms with Crippen molar-refractivity contribution in [3.05, 3.63) is 0 Å². The van der Waals surface area contributed by atoms with Gasteiger partial charge in [0.15, 0.2) is 0 Å². The lowest BCUT2D eigenvalue weighted by molar-refractivity contribution is 0.607. The second-order valence-corrected chi connectivity index (χ2v) is 2.27. The van der Waals surface area contributed by atoms with E-state index in [1.807, 2.05) is 0 Å². The molecule has 1 atom stereocenters. The zero-order valence-electron chi connectivity index (χ0n) is 5.51. The summed E-state index contributed by atoms with van der Waals surface area (Å²) < 4.78 is 0. The highest BCUT2D eigenvalue weighted by molar-refractivity contribution is 5.56. The van der Waals surface area contributed by atoms with Gasteiger partial charge in [-0.05, 0) is 19.4 Å². The number of nitrogens with two attached hydrogens (primary N) is 1. The van der Waals surface area contributed by atoms with Crippen LogP contribution in [0.1, 0.15) is 12.8 Å². The van der Waals surface area contributed by atoms with E-state index in [1.165, 1.54) is 0 Å². The fourth-order valence-electron chi connectivity index (χ4n) is 0.930. The van der Waals surface area contributed by atoms with E-state index >= 15 is 0 Å². The number of aliphatic imine (C=N–C) groups is 1. The zero-order chi connectivity index (χ0) is 6.53. The van der Waals surface area contributed by atoms with Crippen molar-refractivity contribution < 1.29 is 0 Å². The highest BCUT2D eigenvalue weighted by Gasteiger charge is 2.07. The average Bonchev–Trinajstić information content (AvgIpc) is 2.34. The molecule has 0 bridgehead atoms. The number of nitrogens with one attached hydrogen (secondary N) is 1. The lowest BCUT2D eigenvalue weighted by atomic mass is 10.2. The predicted molar refractivity (Wildman–Crippen MR) is 38.6 cm³/mol. The molecule has 1 aliphatic heterocycles. The largest absolute Gasteiger partial charge is 0.374 e. The zero-order valence-corrected chi connectivity index (χ0v) is 5.51. The quantitative estimate of drug-likeness (QED) is 0.548. The Balaban J connectivity index is 2.05. The van der Waals surface area contributed by atoms with Gasteiger partial charge in [0.2, 0.25) is 0 Å². The first-order valence-corrected chi connectivity index (χ1v) is 3.38. The Kier molecular flexibility index (Phi) is 2.51. The van der Waals surface area contributed by atoms with Gasteiger partial charge in [-0.3, -0.25) is 4.99 Å². The van der Waals surface area contributed by atoms with E-state index < -0.39 is 0 Å². The Hall–Kier alpha value is -0.570. The predicted octanol–water partition coefficient (Wildman–Crippen LogP) is -0.275. The van der Waals surface area contributed by atoms with E-state index in [-0.39, 0.29) is 0 Å². The lowest BCUT2D eigenvalue weighted by Gasteiger charge is -2.02. The van der Waals surface area contributed by atoms with Crippen molar-refractivity contribution in [1.29, 1.82) is 0 Å². The van der Waals surface area contributed by atoms with Gasteiger partial charge in [0.25, 0.3) is 0 Å². The van der Waals surface area contributed by atoms with Crippen LogP contribution < -0.4 is 11.1 Å². The molecule has 0 aliphatic carbocycles. The van der Waals surface area contributed by atoms with Crippen LogP contribution in [-0.4, -0.2) is 25.5 Å². The summed E-state index contributed by atoms with van der Waals surface area (Å²) in [6.45, 7) is 1.78. The Bertz CT molecular complexity index is 100. The molecule has 0 amide bonds. The first kappa shape index (κ1) is 6.55. The van der Waals surface area contributed by atoms with Crippen molar-refractivity contribution in [2.75, 3.05) is 13.1 Å². The van der Waals surface area contributed by atoms with Crippen LogP contribution >= 0.6 is 0 Å². The van der Waals surface area contributed by atoms with Gasteiger partial charge in [-0.25, -0.2) is 0 Å². The summed E-state index contributed by atoms with van der Waals surface area (Å²) in [5, 5.41) is 3.05. The van der Waals surface area contributed by atoms with Crippen LogP contribution in [0.4, 0.5) is 0 Å². The molecule has 0 aromatic carbocycles. The molecule has 0 radical (unpaired) electrons. The topological polar surface area (TPSA) is 50.4 Å². The number of hydrogen-bond donors (Lipinski definition) is 2. The molecular weight excluding hydrogens is 114 g/mol. The van der Waals surface area contributed by atoms with Gasteiger partial charge in [-0.15, -0.1) is 0 Å². The third-order valence-electron chi connectivity index (χ3n) is 1.47. The van der Waals surface area contributed by atoms with Crippen LogP contribution in [0.5, 0.6) is 0 Å². The first-order valence-electron chi connectivity index (χ1n) is 3.38. The second kappa shape index (κ2) is 3.45. The highest BCUT2D eigenvalue weighted by Crippen LogP contribution is 2.01. The summed E-state index contributed by atoms with van der Waals surface area (Å²) >= 11 is 0. The van der Waals surface area contributed by atoms with Gasteiger partial charge in [0.1, 0.15) is 0 Å². The molecular formula is C6H13N3. The van der Waals surface area contributed by atoms with Gasteiger partial charge in [0, 0.05) is 6.54 Å². The van der Waals surface area contributed by atoms with E-state index in [2.05, 4.69) is 10.3 Å². The van der Waals surface area contributed by atoms with Crippen LogP contribution in [0, 0.1) is 0 Å². The third kappa shape index (κ3) is 2.01. The molecule has 9 heavy (non-hydrogen) atoms. The molecule has 1 heterocycles. The molecule has 0 spiro atoms. The molecule has 52 valence electrons. The van der Waals surface area contributed by atoms with Crippen LogP contribution in [0.25, 0.3) is 0 Å². The third-order valence-corrected chi connectivity index (χ3v) is 1.47. The highest BCUT2D eigenvalue weighted by atomic mass is 15.0. The first-order chi connectivity index (χ1) is 4.43. The van der Waals surface area contributed by atoms with Crippen LogP contribution in [0.15, 0.2) is 4.99 Å². The smallest absolute Gasteiger partial charge is 0.0828 e. The Morgan fingerprint density at radius 3 is 3.22 bits per heavy atom. The maximum Gasteiger partial charge on any atom is 0.0828 e. The minimum absolute atomic E-state index is 0.494. The van der Waals surface area contributed by atoms with Crippen molar-refractivity contribution in [3.8, 4) is 0 Å². The normalized spacial score (nSPS) is 24.3. The van der Waals surface area contributed by atoms with Crippen molar-refractivity contribution >= 4 is 6.34 Å². The molecule has 1 aliphatic rings. The van der Waals surface area contributed by atoms with Gasteiger partial charge in [0.05, 0.1) is 12.4 Å². The number of hydrogen-bond acceptors (Lipinski definition) is 3. The lowest BCUT2D eigenvalue weighted by Crippen LogP contribution is -2.16. The molecule has 3 nitrogen and oxygen atoms in total. The van der Waals surface area contributed by atoms with E-state index in [1.54, 1.807) is 6.34 Å². The summed E-state index contributed by atoms with van der Waals surface area (Å²) in [4.78, 5) is 4.18. The molecule has 3 heteroatoms. The molecule has 0 fully saturated rings. The maximum absolute atomic E-state index is 5.33. The summed E-state index contributed by atoms with van der Waals surface area (Å²) in [6, 6.07) is 0.494. The fourth-order valence-corrected chi connectivity index (χ4v) is 0.930. The van der Waals surface area contributed by atoms with E-state index in [4.69, 9.17) is 5.73 Å². The van der Waals surface area contributed by atoms with Gasteiger partial charge < -0.3 is 11.1 Å². The van der Waals surface area contributed by atoms with Gasteiger partial charge >= 0.3 is 0 Å². The summed E-state index contributed by atoms with van der Waals surface area (Å²) in [7, 11) is 0. The maximum atomic E-state index is 5.33. The minimum Gasteiger partial charge on any atom is -0.374 e. The molecule has 3 N–H and O–H groups in total. The summed E-state index contributed by atoms with van der Waals surface area (Å²) in [5.41, 5.74) is 5.33. The van der Waals surface area contributed by atoms with E-state index in [9.17, 15) is 0 Å². The summed E-state index contributed by atoms with van der Waals surface area (Å²) in [6.07, 6.45) is 3.99. The fraction of sp³-hybridized carbons (Fsp3) is 0.833. The standard InChI is InChI=1S/C6H13N3/c7-3-1-2-6-4-8-5-9-6/h5-6H,1-4,7H2,(H,8,9)/t6-/m0/s1. The van der Waals surface area contributed by atoms with Crippen molar-refractivity contribution in [2.24, 2.45) is 10.7 Å². The molecule has 0 saturated carbocycles. The van der Waals surface area contributed by atoms with Crippen molar-refractivity contribution in [3.63, 3.8) is 0 Å². The Labute approximate surface area is 55.3 Å². The SMILES string of the molecule is NCCC[C@H]1CNC=N1. The van der Waals surface area contributed by atoms with Crippen LogP contribution in [0.3, 0.4) is 0 Å². The molecule has 1 rings (SSSR count). The Morgan fingerprint density at radius 1 is 1.78 bits per heavy atom. The van der Waals surface area contributed by atoms with E-state index in [0.29, 0.717) is 6.04 Å². The second-order valence-electron chi connectivity index (χ2n) is 2.27. The minimum atomic E-state index is 0.494. The van der Waals surface area contributed by atoms with Gasteiger partial charge in [-0.2, -0.15) is 0 Å². The number of nitrogens with zero attached hydrogens (tertiary/aromatic N) is 1. The van der Waals surface area contributed by atoms with Crippen LogP contribution in [0.2, 0.25) is 0 Å². The average molecular weight is 127 g/mol. The molecule has 0 aromatic heterocycles.